The third-order valence-corrected chi connectivity index (χ3v) is 3.75. The van der Waals surface area contributed by atoms with E-state index in [2.05, 4.69) is 33.4 Å². The van der Waals surface area contributed by atoms with Gasteiger partial charge in [-0.1, -0.05) is 28.8 Å². The summed E-state index contributed by atoms with van der Waals surface area (Å²) in [5, 5.41) is 3.41. The third-order valence-electron chi connectivity index (χ3n) is 3.26. The van der Waals surface area contributed by atoms with Crippen LogP contribution in [0.3, 0.4) is 0 Å². The second kappa shape index (κ2) is 5.87. The Balaban J connectivity index is 2.21. The summed E-state index contributed by atoms with van der Waals surface area (Å²) in [5.41, 5.74) is 1.27. The van der Waals surface area contributed by atoms with Crippen molar-refractivity contribution in [2.45, 2.75) is 32.2 Å². The first kappa shape index (κ1) is 12.9. The molecule has 1 aromatic carbocycles. The van der Waals surface area contributed by atoms with E-state index in [1.807, 2.05) is 20.0 Å². The van der Waals surface area contributed by atoms with Crippen molar-refractivity contribution < 1.29 is 4.74 Å². The predicted molar refractivity (Wildman–Crippen MR) is 74.5 cm³/mol. The van der Waals surface area contributed by atoms with Gasteiger partial charge in [-0.2, -0.15) is 0 Å². The molecule has 94 valence electrons. The lowest BCUT2D eigenvalue weighted by Crippen LogP contribution is -2.18. The second-order valence-electron chi connectivity index (χ2n) is 4.64. The number of nitrogens with one attached hydrogen (secondary N) is 1. The van der Waals surface area contributed by atoms with Crippen LogP contribution < -0.4 is 10.1 Å². The van der Waals surface area contributed by atoms with E-state index in [1.54, 1.807) is 0 Å². The Bertz CT molecular complexity index is 376. The standard InChI is InChI=1S/C14H20BrNO/c1-3-17-14-7-6-11(15)9-12(14)13(16-2)8-10-4-5-10/h6-7,9-10,13,16H,3-5,8H2,1-2H3. The summed E-state index contributed by atoms with van der Waals surface area (Å²) in [5.74, 6) is 1.91. The van der Waals surface area contributed by atoms with E-state index in [0.717, 1.165) is 16.1 Å². The predicted octanol–water partition coefficient (Wildman–Crippen LogP) is 3.91. The first-order chi connectivity index (χ1) is 8.24. The van der Waals surface area contributed by atoms with Crippen LogP contribution in [0.1, 0.15) is 37.8 Å². The Hall–Kier alpha value is -0.540. The molecule has 1 saturated carbocycles. The molecule has 1 aliphatic rings. The number of rotatable bonds is 6. The summed E-state index contributed by atoms with van der Waals surface area (Å²) in [7, 11) is 2.03. The van der Waals surface area contributed by atoms with E-state index in [0.29, 0.717) is 12.6 Å². The zero-order valence-corrected chi connectivity index (χ0v) is 12.1. The molecular formula is C14H20BrNO. The van der Waals surface area contributed by atoms with Gasteiger partial charge in [-0.15, -0.1) is 0 Å². The maximum absolute atomic E-state index is 5.72. The van der Waals surface area contributed by atoms with Crippen molar-refractivity contribution in [1.82, 2.24) is 5.32 Å². The Kier molecular flexibility index (Phi) is 4.46. The molecule has 0 amide bonds. The fraction of sp³-hybridized carbons (Fsp3) is 0.571. The van der Waals surface area contributed by atoms with Crippen molar-refractivity contribution in [3.05, 3.63) is 28.2 Å². The fourth-order valence-electron chi connectivity index (χ4n) is 2.17. The molecule has 3 heteroatoms. The highest BCUT2D eigenvalue weighted by molar-refractivity contribution is 9.10. The Morgan fingerprint density at radius 3 is 2.82 bits per heavy atom. The quantitative estimate of drug-likeness (QED) is 0.860. The largest absolute Gasteiger partial charge is 0.494 e. The van der Waals surface area contributed by atoms with Crippen LogP contribution in [0.15, 0.2) is 22.7 Å². The molecule has 1 fully saturated rings. The average molecular weight is 298 g/mol. The third kappa shape index (κ3) is 3.46. The van der Waals surface area contributed by atoms with E-state index in [9.17, 15) is 0 Å². The zero-order chi connectivity index (χ0) is 12.3. The molecule has 2 nitrogen and oxygen atoms in total. The number of ether oxygens (including phenoxy) is 1. The highest BCUT2D eigenvalue weighted by atomic mass is 79.9. The molecule has 1 N–H and O–H groups in total. The molecule has 2 rings (SSSR count). The molecule has 0 radical (unpaired) electrons. The molecule has 1 atom stereocenters. The lowest BCUT2D eigenvalue weighted by molar-refractivity contribution is 0.330. The van der Waals surface area contributed by atoms with Crippen LogP contribution >= 0.6 is 15.9 Å². The first-order valence-corrected chi connectivity index (χ1v) is 7.13. The Morgan fingerprint density at radius 2 is 2.24 bits per heavy atom. The van der Waals surface area contributed by atoms with Gasteiger partial charge in [-0.05, 0) is 44.5 Å². The van der Waals surface area contributed by atoms with Gasteiger partial charge in [0.05, 0.1) is 6.61 Å². The van der Waals surface area contributed by atoms with E-state index in [-0.39, 0.29) is 0 Å². The van der Waals surface area contributed by atoms with Gasteiger partial charge in [0.25, 0.3) is 0 Å². The van der Waals surface area contributed by atoms with E-state index in [4.69, 9.17) is 4.74 Å². The van der Waals surface area contributed by atoms with Crippen LogP contribution in [0.4, 0.5) is 0 Å². The molecular weight excluding hydrogens is 278 g/mol. The lowest BCUT2D eigenvalue weighted by Gasteiger charge is -2.20. The number of hydrogen-bond acceptors (Lipinski definition) is 2. The topological polar surface area (TPSA) is 21.3 Å². The first-order valence-electron chi connectivity index (χ1n) is 6.34. The summed E-state index contributed by atoms with van der Waals surface area (Å²) in [4.78, 5) is 0. The second-order valence-corrected chi connectivity index (χ2v) is 5.55. The maximum Gasteiger partial charge on any atom is 0.124 e. The van der Waals surface area contributed by atoms with Crippen LogP contribution in [-0.2, 0) is 0 Å². The normalized spacial score (nSPS) is 16.9. The highest BCUT2D eigenvalue weighted by Crippen LogP contribution is 2.40. The van der Waals surface area contributed by atoms with Crippen molar-refractivity contribution in [2.75, 3.05) is 13.7 Å². The SMILES string of the molecule is CCOc1ccc(Br)cc1C(CC1CC1)NC. The van der Waals surface area contributed by atoms with Gasteiger partial charge in [-0.3, -0.25) is 0 Å². The van der Waals surface area contributed by atoms with Gasteiger partial charge >= 0.3 is 0 Å². The number of hydrogen-bond donors (Lipinski definition) is 1. The van der Waals surface area contributed by atoms with E-state index < -0.39 is 0 Å². The molecule has 0 aliphatic heterocycles. The molecule has 1 unspecified atom stereocenters. The fourth-order valence-corrected chi connectivity index (χ4v) is 2.54. The molecule has 0 heterocycles. The minimum atomic E-state index is 0.404. The molecule has 0 aromatic heterocycles. The minimum Gasteiger partial charge on any atom is -0.494 e. The molecule has 17 heavy (non-hydrogen) atoms. The van der Waals surface area contributed by atoms with Crippen molar-refractivity contribution in [3.8, 4) is 5.75 Å². The van der Waals surface area contributed by atoms with Crippen LogP contribution in [0.2, 0.25) is 0 Å². The Morgan fingerprint density at radius 1 is 1.47 bits per heavy atom. The van der Waals surface area contributed by atoms with Crippen LogP contribution in [0.25, 0.3) is 0 Å². The lowest BCUT2D eigenvalue weighted by atomic mass is 10.0. The maximum atomic E-state index is 5.72. The summed E-state index contributed by atoms with van der Waals surface area (Å²) < 4.78 is 6.83. The van der Waals surface area contributed by atoms with Gasteiger partial charge in [0.2, 0.25) is 0 Å². The van der Waals surface area contributed by atoms with Crippen molar-refractivity contribution in [1.29, 1.82) is 0 Å². The summed E-state index contributed by atoms with van der Waals surface area (Å²) in [6.45, 7) is 2.75. The number of benzene rings is 1. The minimum absolute atomic E-state index is 0.404. The van der Waals surface area contributed by atoms with Gasteiger partial charge < -0.3 is 10.1 Å². The van der Waals surface area contributed by atoms with Crippen LogP contribution in [-0.4, -0.2) is 13.7 Å². The van der Waals surface area contributed by atoms with Crippen LogP contribution in [0.5, 0.6) is 5.75 Å². The average Bonchev–Trinajstić information content (AvgIpc) is 3.13. The van der Waals surface area contributed by atoms with E-state index >= 15 is 0 Å². The van der Waals surface area contributed by atoms with Crippen molar-refractivity contribution >= 4 is 15.9 Å². The summed E-state index contributed by atoms with van der Waals surface area (Å²) in [6, 6.07) is 6.68. The molecule has 0 bridgehead atoms. The monoisotopic (exact) mass is 297 g/mol. The molecule has 1 aromatic rings. The molecule has 0 spiro atoms. The molecule has 1 aliphatic carbocycles. The van der Waals surface area contributed by atoms with Gasteiger partial charge in [-0.25, -0.2) is 0 Å². The Labute approximate surface area is 112 Å². The summed E-state index contributed by atoms with van der Waals surface area (Å²) >= 11 is 3.54. The zero-order valence-electron chi connectivity index (χ0n) is 10.5. The summed E-state index contributed by atoms with van der Waals surface area (Å²) in [6.07, 6.45) is 3.99. The smallest absolute Gasteiger partial charge is 0.124 e. The van der Waals surface area contributed by atoms with Gasteiger partial charge in [0, 0.05) is 16.1 Å². The van der Waals surface area contributed by atoms with Crippen molar-refractivity contribution in [2.24, 2.45) is 5.92 Å². The van der Waals surface area contributed by atoms with E-state index in [1.165, 1.54) is 24.8 Å². The van der Waals surface area contributed by atoms with Crippen molar-refractivity contribution in [3.63, 3.8) is 0 Å². The van der Waals surface area contributed by atoms with Gasteiger partial charge in [0.1, 0.15) is 5.75 Å². The van der Waals surface area contributed by atoms with Crippen LogP contribution in [0, 0.1) is 5.92 Å². The number of halogens is 1. The highest BCUT2D eigenvalue weighted by Gasteiger charge is 2.27. The molecule has 0 saturated heterocycles. The van der Waals surface area contributed by atoms with Gasteiger partial charge in [0.15, 0.2) is 0 Å².